The van der Waals surface area contributed by atoms with Gasteiger partial charge in [-0.05, 0) is 50.5 Å². The molecule has 3 rings (SSSR count). The van der Waals surface area contributed by atoms with E-state index in [0.29, 0.717) is 44.8 Å². The summed E-state index contributed by atoms with van der Waals surface area (Å²) in [5, 5.41) is 2.96. The third-order valence-electron chi connectivity index (χ3n) is 5.05. The van der Waals surface area contributed by atoms with E-state index in [-0.39, 0.29) is 16.7 Å². The van der Waals surface area contributed by atoms with Crippen LogP contribution in [0.4, 0.5) is 0 Å². The Morgan fingerprint density at radius 2 is 1.97 bits per heavy atom. The fraction of sp³-hybridized carbons (Fsp3) is 0.500. The summed E-state index contributed by atoms with van der Waals surface area (Å²) in [4.78, 5) is 16.6. The Bertz CT molecular complexity index is 874. The first-order chi connectivity index (χ1) is 14.0. The van der Waals surface area contributed by atoms with Crippen molar-refractivity contribution in [1.82, 2.24) is 19.2 Å². The number of ether oxygens (including phenoxy) is 1. The summed E-state index contributed by atoms with van der Waals surface area (Å²) in [5.74, 6) is 0.513. The van der Waals surface area contributed by atoms with Gasteiger partial charge in [-0.15, -0.1) is 0 Å². The molecule has 0 saturated carbocycles. The van der Waals surface area contributed by atoms with Crippen LogP contribution in [0.5, 0.6) is 5.75 Å². The van der Waals surface area contributed by atoms with Gasteiger partial charge in [0.1, 0.15) is 5.75 Å². The number of carbonyl (C=O) groups excluding carboxylic acids is 1. The second-order valence-electron chi connectivity index (χ2n) is 7.03. The highest BCUT2D eigenvalue weighted by atomic mass is 32.2. The van der Waals surface area contributed by atoms with Gasteiger partial charge in [-0.1, -0.05) is 0 Å². The molecular formula is C20H28N4O4S. The van der Waals surface area contributed by atoms with E-state index in [1.807, 2.05) is 17.7 Å². The molecule has 0 bridgehead atoms. The van der Waals surface area contributed by atoms with Crippen molar-refractivity contribution in [3.8, 4) is 5.75 Å². The summed E-state index contributed by atoms with van der Waals surface area (Å²) in [6.07, 6.45) is 7.26. The van der Waals surface area contributed by atoms with Gasteiger partial charge in [0.2, 0.25) is 15.9 Å². The van der Waals surface area contributed by atoms with Crippen molar-refractivity contribution in [2.75, 3.05) is 26.2 Å². The predicted molar refractivity (Wildman–Crippen MR) is 109 cm³/mol. The molecule has 2 aromatic rings. The average molecular weight is 421 g/mol. The van der Waals surface area contributed by atoms with E-state index in [1.54, 1.807) is 36.8 Å². The second-order valence-corrected chi connectivity index (χ2v) is 8.97. The Morgan fingerprint density at radius 1 is 1.24 bits per heavy atom. The number of sulfonamides is 1. The van der Waals surface area contributed by atoms with Crippen LogP contribution in [-0.2, 0) is 21.4 Å². The highest BCUT2D eigenvalue weighted by molar-refractivity contribution is 7.89. The number of nitrogens with zero attached hydrogens (tertiary/aromatic N) is 3. The van der Waals surface area contributed by atoms with E-state index < -0.39 is 10.0 Å². The van der Waals surface area contributed by atoms with Crippen molar-refractivity contribution in [1.29, 1.82) is 0 Å². The molecule has 2 heterocycles. The van der Waals surface area contributed by atoms with Crippen molar-refractivity contribution in [3.05, 3.63) is 43.0 Å². The number of piperidine rings is 1. The first-order valence-electron chi connectivity index (χ1n) is 9.97. The molecule has 1 amide bonds. The van der Waals surface area contributed by atoms with E-state index in [4.69, 9.17) is 4.74 Å². The minimum Gasteiger partial charge on any atom is -0.494 e. The van der Waals surface area contributed by atoms with Gasteiger partial charge < -0.3 is 14.6 Å². The summed E-state index contributed by atoms with van der Waals surface area (Å²) >= 11 is 0. The quantitative estimate of drug-likeness (QED) is 0.625. The zero-order valence-electron chi connectivity index (χ0n) is 16.7. The van der Waals surface area contributed by atoms with Gasteiger partial charge in [0.25, 0.3) is 0 Å². The molecule has 1 N–H and O–H groups in total. The molecule has 1 aromatic heterocycles. The third-order valence-corrected chi connectivity index (χ3v) is 6.96. The number of amides is 1. The normalized spacial score (nSPS) is 15.9. The first kappa shape index (κ1) is 21.3. The Labute approximate surface area is 171 Å². The summed E-state index contributed by atoms with van der Waals surface area (Å²) in [5.41, 5.74) is 0. The van der Waals surface area contributed by atoms with E-state index in [9.17, 15) is 13.2 Å². The van der Waals surface area contributed by atoms with Gasteiger partial charge in [0.15, 0.2) is 0 Å². The molecule has 0 radical (unpaired) electrons. The second kappa shape index (κ2) is 9.89. The molecule has 1 aliphatic rings. The van der Waals surface area contributed by atoms with E-state index in [1.165, 1.54) is 4.31 Å². The molecule has 0 spiro atoms. The van der Waals surface area contributed by atoms with Gasteiger partial charge in [0, 0.05) is 44.5 Å². The number of imidazole rings is 1. The van der Waals surface area contributed by atoms with Crippen molar-refractivity contribution >= 4 is 15.9 Å². The SMILES string of the molecule is CCOc1ccc(S(=O)(=O)N2CCC(C(=O)NCCCn3ccnc3)CC2)cc1. The number of aromatic nitrogens is 2. The van der Waals surface area contributed by atoms with Crippen LogP contribution in [0.3, 0.4) is 0 Å². The standard InChI is InChI=1S/C20H28N4O4S/c1-2-28-18-4-6-19(7-5-18)29(26,27)24-13-8-17(9-14-24)20(25)22-10-3-12-23-15-11-21-16-23/h4-7,11,15-17H,2-3,8-10,12-14H2,1H3,(H,22,25). The van der Waals surface area contributed by atoms with Crippen molar-refractivity contribution in [2.24, 2.45) is 5.92 Å². The summed E-state index contributed by atoms with van der Waals surface area (Å²) in [7, 11) is -3.55. The van der Waals surface area contributed by atoms with Crippen molar-refractivity contribution in [3.63, 3.8) is 0 Å². The molecule has 158 valence electrons. The minimum atomic E-state index is -3.55. The minimum absolute atomic E-state index is 0.00810. The number of rotatable bonds is 9. The Balaban J connectivity index is 1.45. The summed E-state index contributed by atoms with van der Waals surface area (Å²) in [6.45, 7) is 4.52. The van der Waals surface area contributed by atoms with E-state index >= 15 is 0 Å². The molecule has 0 unspecified atom stereocenters. The van der Waals surface area contributed by atoms with Gasteiger partial charge in [-0.25, -0.2) is 13.4 Å². The molecule has 9 heteroatoms. The van der Waals surface area contributed by atoms with E-state index in [2.05, 4.69) is 10.3 Å². The third kappa shape index (κ3) is 5.57. The van der Waals surface area contributed by atoms with Crippen molar-refractivity contribution < 1.29 is 17.9 Å². The molecule has 0 aliphatic carbocycles. The lowest BCUT2D eigenvalue weighted by molar-refractivity contribution is -0.126. The van der Waals surface area contributed by atoms with Crippen LogP contribution in [0.2, 0.25) is 0 Å². The molecule has 1 fully saturated rings. The number of aryl methyl sites for hydroxylation is 1. The number of hydrogen-bond donors (Lipinski definition) is 1. The first-order valence-corrected chi connectivity index (χ1v) is 11.4. The van der Waals surface area contributed by atoms with Gasteiger partial charge in [0.05, 0.1) is 17.8 Å². The summed E-state index contributed by atoms with van der Waals surface area (Å²) < 4.78 is 34.5. The lowest BCUT2D eigenvalue weighted by Crippen LogP contribution is -2.43. The van der Waals surface area contributed by atoms with Crippen LogP contribution < -0.4 is 10.1 Å². The topological polar surface area (TPSA) is 93.5 Å². The smallest absolute Gasteiger partial charge is 0.243 e. The zero-order valence-corrected chi connectivity index (χ0v) is 17.5. The number of carbonyl (C=O) groups is 1. The highest BCUT2D eigenvalue weighted by Gasteiger charge is 2.31. The van der Waals surface area contributed by atoms with Gasteiger partial charge in [-0.3, -0.25) is 4.79 Å². The Kier molecular flexibility index (Phi) is 7.27. The largest absolute Gasteiger partial charge is 0.494 e. The van der Waals surface area contributed by atoms with Crippen LogP contribution in [0.15, 0.2) is 47.9 Å². The Hall–Kier alpha value is -2.39. The molecule has 1 aliphatic heterocycles. The monoisotopic (exact) mass is 420 g/mol. The van der Waals surface area contributed by atoms with Crippen LogP contribution >= 0.6 is 0 Å². The average Bonchev–Trinajstić information content (AvgIpc) is 3.25. The maximum absolute atomic E-state index is 12.8. The number of nitrogens with one attached hydrogen (secondary N) is 1. The van der Waals surface area contributed by atoms with Crippen LogP contribution in [0.25, 0.3) is 0 Å². The summed E-state index contributed by atoms with van der Waals surface area (Å²) in [6, 6.07) is 6.47. The highest BCUT2D eigenvalue weighted by Crippen LogP contribution is 2.25. The molecule has 29 heavy (non-hydrogen) atoms. The van der Waals surface area contributed by atoms with Gasteiger partial charge in [-0.2, -0.15) is 4.31 Å². The van der Waals surface area contributed by atoms with Crippen LogP contribution in [0, 0.1) is 5.92 Å². The lowest BCUT2D eigenvalue weighted by Gasteiger charge is -2.30. The van der Waals surface area contributed by atoms with Crippen LogP contribution in [-0.4, -0.2) is 54.4 Å². The molecule has 1 aromatic carbocycles. The molecular weight excluding hydrogens is 392 g/mol. The zero-order chi connectivity index (χ0) is 20.7. The number of hydrogen-bond acceptors (Lipinski definition) is 5. The molecule has 8 nitrogen and oxygen atoms in total. The number of benzene rings is 1. The van der Waals surface area contributed by atoms with E-state index in [0.717, 1.165) is 13.0 Å². The predicted octanol–water partition coefficient (Wildman–Crippen LogP) is 1.89. The maximum atomic E-state index is 12.8. The Morgan fingerprint density at radius 3 is 2.59 bits per heavy atom. The van der Waals surface area contributed by atoms with Crippen molar-refractivity contribution in [2.45, 2.75) is 37.6 Å². The fourth-order valence-electron chi connectivity index (χ4n) is 3.42. The van der Waals surface area contributed by atoms with Crippen LogP contribution in [0.1, 0.15) is 26.2 Å². The van der Waals surface area contributed by atoms with Gasteiger partial charge >= 0.3 is 0 Å². The fourth-order valence-corrected chi connectivity index (χ4v) is 4.89. The molecule has 1 saturated heterocycles. The lowest BCUT2D eigenvalue weighted by atomic mass is 9.97. The maximum Gasteiger partial charge on any atom is 0.243 e. The molecule has 0 atom stereocenters.